The molecule has 1 N–H and O–H groups in total. The van der Waals surface area contributed by atoms with Crippen LogP contribution < -0.4 is 4.74 Å². The summed E-state index contributed by atoms with van der Waals surface area (Å²) in [7, 11) is 0. The Bertz CT molecular complexity index is 510. The fraction of sp³-hybridized carbons (Fsp3) is 0.333. The van der Waals surface area contributed by atoms with Gasteiger partial charge >= 0.3 is 0 Å². The van der Waals surface area contributed by atoms with Gasteiger partial charge in [0.1, 0.15) is 5.75 Å². The minimum atomic E-state index is -0.323. The van der Waals surface area contributed by atoms with Crippen molar-refractivity contribution in [3.63, 3.8) is 0 Å². The Labute approximate surface area is 98.0 Å². The monoisotopic (exact) mass is 232 g/mol. The first kappa shape index (κ1) is 10.3. The summed E-state index contributed by atoms with van der Waals surface area (Å²) >= 11 is 0. The average Bonchev–Trinajstić information content (AvgIpc) is 2.97. The van der Waals surface area contributed by atoms with Crippen molar-refractivity contribution in [1.82, 2.24) is 10.1 Å². The van der Waals surface area contributed by atoms with Crippen molar-refractivity contribution in [3.8, 4) is 5.75 Å². The minimum Gasteiger partial charge on any atom is -0.485 e. The van der Waals surface area contributed by atoms with Crippen LogP contribution in [-0.4, -0.2) is 15.2 Å². The molecule has 1 aromatic heterocycles. The van der Waals surface area contributed by atoms with Crippen LogP contribution >= 0.6 is 0 Å². The smallest absolute Gasteiger partial charge is 0.213 e. The lowest BCUT2D eigenvalue weighted by Gasteiger charge is -2.07. The van der Waals surface area contributed by atoms with E-state index >= 15 is 0 Å². The first-order chi connectivity index (χ1) is 8.33. The highest BCUT2D eigenvalue weighted by Gasteiger charge is 2.20. The molecular weight excluding hydrogens is 220 g/mol. The molecule has 0 bridgehead atoms. The van der Waals surface area contributed by atoms with Gasteiger partial charge in [-0.05, 0) is 36.1 Å². The molecule has 2 aromatic rings. The van der Waals surface area contributed by atoms with Gasteiger partial charge in [0.2, 0.25) is 12.2 Å². The Morgan fingerprint density at radius 3 is 3.24 bits per heavy atom. The average molecular weight is 232 g/mol. The summed E-state index contributed by atoms with van der Waals surface area (Å²) in [6, 6.07) is 5.73. The van der Waals surface area contributed by atoms with Gasteiger partial charge in [-0.2, -0.15) is 4.98 Å². The molecule has 0 saturated carbocycles. The molecule has 0 radical (unpaired) electrons. The van der Waals surface area contributed by atoms with Crippen LogP contribution in [0.3, 0.4) is 0 Å². The Morgan fingerprint density at radius 2 is 2.41 bits per heavy atom. The number of rotatable bonds is 3. The van der Waals surface area contributed by atoms with Crippen molar-refractivity contribution in [3.05, 3.63) is 41.5 Å². The van der Waals surface area contributed by atoms with Crippen LogP contribution in [0.25, 0.3) is 0 Å². The number of fused-ring (bicyclic) bond motifs is 1. The zero-order valence-electron chi connectivity index (χ0n) is 9.17. The van der Waals surface area contributed by atoms with Crippen LogP contribution in [0.2, 0.25) is 0 Å². The topological polar surface area (TPSA) is 68.4 Å². The van der Waals surface area contributed by atoms with Crippen molar-refractivity contribution in [2.75, 3.05) is 0 Å². The molecule has 88 valence electrons. The summed E-state index contributed by atoms with van der Waals surface area (Å²) in [5.74, 6) is 1.29. The molecule has 1 aliphatic rings. The van der Waals surface area contributed by atoms with Crippen molar-refractivity contribution in [2.24, 2.45) is 0 Å². The standard InChI is InChI=1S/C12H12N2O3/c15-11-4-1-8-5-9(2-3-10(8)11)16-6-12-13-7-17-14-12/h2-3,5,7,11,15H,1,4,6H2. The molecular formula is C12H12N2O3. The van der Waals surface area contributed by atoms with Crippen molar-refractivity contribution in [2.45, 2.75) is 25.6 Å². The fourth-order valence-corrected chi connectivity index (χ4v) is 2.07. The molecule has 17 heavy (non-hydrogen) atoms. The quantitative estimate of drug-likeness (QED) is 0.871. The summed E-state index contributed by atoms with van der Waals surface area (Å²) in [5, 5.41) is 13.3. The normalized spacial score (nSPS) is 18.1. The summed E-state index contributed by atoms with van der Waals surface area (Å²) < 4.78 is 10.2. The van der Waals surface area contributed by atoms with Crippen LogP contribution in [0.4, 0.5) is 0 Å². The van der Waals surface area contributed by atoms with Crippen LogP contribution in [-0.2, 0) is 13.0 Å². The third-order valence-corrected chi connectivity index (χ3v) is 2.94. The number of benzene rings is 1. The predicted molar refractivity (Wildman–Crippen MR) is 58.4 cm³/mol. The zero-order chi connectivity index (χ0) is 11.7. The maximum absolute atomic E-state index is 9.68. The van der Waals surface area contributed by atoms with Crippen LogP contribution in [0.1, 0.15) is 29.5 Å². The summed E-state index contributed by atoms with van der Waals surface area (Å²) in [5.41, 5.74) is 2.17. The van der Waals surface area contributed by atoms with E-state index in [2.05, 4.69) is 14.7 Å². The van der Waals surface area contributed by atoms with Crippen molar-refractivity contribution < 1.29 is 14.4 Å². The second-order valence-corrected chi connectivity index (χ2v) is 4.05. The Hall–Kier alpha value is -1.88. The van der Waals surface area contributed by atoms with Crippen LogP contribution in [0, 0.1) is 0 Å². The molecule has 5 nitrogen and oxygen atoms in total. The number of aryl methyl sites for hydroxylation is 1. The first-order valence-electron chi connectivity index (χ1n) is 5.52. The number of nitrogens with zero attached hydrogens (tertiary/aromatic N) is 2. The van der Waals surface area contributed by atoms with Gasteiger partial charge in [0.15, 0.2) is 6.61 Å². The number of hydrogen-bond donors (Lipinski definition) is 1. The van der Waals surface area contributed by atoms with E-state index in [4.69, 9.17) is 4.74 Å². The van der Waals surface area contributed by atoms with Crippen LogP contribution in [0.5, 0.6) is 5.75 Å². The van der Waals surface area contributed by atoms with Gasteiger partial charge in [-0.1, -0.05) is 11.2 Å². The Kier molecular flexibility index (Phi) is 2.53. The SMILES string of the molecule is OC1CCc2cc(OCc3ncon3)ccc21. The van der Waals surface area contributed by atoms with E-state index in [1.807, 2.05) is 18.2 Å². The lowest BCUT2D eigenvalue weighted by molar-refractivity contribution is 0.180. The largest absolute Gasteiger partial charge is 0.485 e. The fourth-order valence-electron chi connectivity index (χ4n) is 2.07. The molecule has 1 atom stereocenters. The third kappa shape index (κ3) is 2.01. The number of aliphatic hydroxyl groups is 1. The molecule has 1 unspecified atom stereocenters. The van der Waals surface area contributed by atoms with Crippen molar-refractivity contribution >= 4 is 0 Å². The van der Waals surface area contributed by atoms with Gasteiger partial charge in [-0.25, -0.2) is 0 Å². The van der Waals surface area contributed by atoms with E-state index in [0.29, 0.717) is 5.82 Å². The van der Waals surface area contributed by atoms with Gasteiger partial charge in [0.05, 0.1) is 6.10 Å². The zero-order valence-corrected chi connectivity index (χ0v) is 9.17. The number of aromatic nitrogens is 2. The molecule has 5 heteroatoms. The second kappa shape index (κ2) is 4.18. The highest BCUT2D eigenvalue weighted by Crippen LogP contribution is 2.33. The van der Waals surface area contributed by atoms with E-state index < -0.39 is 0 Å². The molecule has 0 spiro atoms. The van der Waals surface area contributed by atoms with E-state index in [1.54, 1.807) is 0 Å². The van der Waals surface area contributed by atoms with E-state index in [9.17, 15) is 5.11 Å². The molecule has 3 rings (SSSR count). The summed E-state index contributed by atoms with van der Waals surface area (Å²) in [4.78, 5) is 3.87. The summed E-state index contributed by atoms with van der Waals surface area (Å²) in [6.07, 6.45) is 2.65. The molecule has 1 aromatic carbocycles. The highest BCUT2D eigenvalue weighted by atomic mass is 16.5. The molecule has 0 fully saturated rings. The minimum absolute atomic E-state index is 0.290. The predicted octanol–water partition coefficient (Wildman–Crippen LogP) is 1.63. The molecule has 0 saturated heterocycles. The lowest BCUT2D eigenvalue weighted by atomic mass is 10.1. The maximum atomic E-state index is 9.68. The van der Waals surface area contributed by atoms with E-state index in [-0.39, 0.29) is 12.7 Å². The molecule has 1 heterocycles. The number of hydrogen-bond acceptors (Lipinski definition) is 5. The maximum Gasteiger partial charge on any atom is 0.213 e. The number of ether oxygens (including phenoxy) is 1. The third-order valence-electron chi connectivity index (χ3n) is 2.94. The second-order valence-electron chi connectivity index (χ2n) is 4.05. The van der Waals surface area contributed by atoms with Gasteiger partial charge < -0.3 is 14.4 Å². The summed E-state index contributed by atoms with van der Waals surface area (Å²) in [6.45, 7) is 0.290. The lowest BCUT2D eigenvalue weighted by Crippen LogP contribution is -1.98. The molecule has 0 amide bonds. The van der Waals surface area contributed by atoms with E-state index in [0.717, 1.165) is 29.7 Å². The van der Waals surface area contributed by atoms with Gasteiger partial charge in [-0.15, -0.1) is 0 Å². The Balaban J connectivity index is 1.72. The van der Waals surface area contributed by atoms with Crippen molar-refractivity contribution in [1.29, 1.82) is 0 Å². The van der Waals surface area contributed by atoms with E-state index in [1.165, 1.54) is 6.39 Å². The molecule has 1 aliphatic carbocycles. The Morgan fingerprint density at radius 1 is 1.47 bits per heavy atom. The van der Waals surface area contributed by atoms with Gasteiger partial charge in [-0.3, -0.25) is 0 Å². The number of aliphatic hydroxyl groups excluding tert-OH is 1. The van der Waals surface area contributed by atoms with Crippen LogP contribution in [0.15, 0.2) is 29.1 Å². The highest BCUT2D eigenvalue weighted by molar-refractivity contribution is 5.39. The first-order valence-corrected chi connectivity index (χ1v) is 5.52. The molecule has 0 aliphatic heterocycles. The van der Waals surface area contributed by atoms with Gasteiger partial charge in [0.25, 0.3) is 0 Å². The van der Waals surface area contributed by atoms with Gasteiger partial charge in [0, 0.05) is 0 Å².